The Bertz CT molecular complexity index is 622. The molecule has 0 atom stereocenters. The smallest absolute Gasteiger partial charge is 0.226 e. The third-order valence-corrected chi connectivity index (χ3v) is 5.70. The van der Waals surface area contributed by atoms with Gasteiger partial charge in [-0.3, -0.25) is 4.79 Å². The molecule has 1 N–H and O–H groups in total. The molecule has 0 saturated carbocycles. The maximum Gasteiger partial charge on any atom is 0.226 e. The molecule has 23 heavy (non-hydrogen) atoms. The van der Waals surface area contributed by atoms with E-state index >= 15 is 0 Å². The summed E-state index contributed by atoms with van der Waals surface area (Å²) >= 11 is 0. The molecule has 5 nitrogen and oxygen atoms in total. The van der Waals surface area contributed by atoms with E-state index in [-0.39, 0.29) is 11.7 Å². The Labute approximate surface area is 137 Å². The minimum Gasteiger partial charge on any atom is -0.316 e. The van der Waals surface area contributed by atoms with Crippen molar-refractivity contribution in [2.24, 2.45) is 0 Å². The van der Waals surface area contributed by atoms with E-state index in [0.29, 0.717) is 31.5 Å². The molecule has 0 aliphatic heterocycles. The van der Waals surface area contributed by atoms with Crippen molar-refractivity contribution in [3.05, 3.63) is 30.1 Å². The number of carbonyl (C=O) groups excluding carboxylic acids is 1. The van der Waals surface area contributed by atoms with Crippen LogP contribution in [0.2, 0.25) is 0 Å². The van der Waals surface area contributed by atoms with E-state index in [2.05, 4.69) is 4.72 Å². The summed E-state index contributed by atoms with van der Waals surface area (Å²) in [6.45, 7) is 5.22. The minimum atomic E-state index is -3.34. The first-order chi connectivity index (χ1) is 10.5. The second-order valence-electron chi connectivity index (χ2n) is 6.40. The highest BCUT2D eigenvalue weighted by atomic mass is 32.2. The average molecular weight is 344 g/mol. The number of anilines is 1. The fourth-order valence-corrected chi connectivity index (χ4v) is 2.65. The molecule has 0 unspecified atom stereocenters. The normalized spacial score (nSPS) is 12.2. The zero-order valence-corrected chi connectivity index (χ0v) is 14.9. The van der Waals surface area contributed by atoms with Crippen molar-refractivity contribution < 1.29 is 17.6 Å². The van der Waals surface area contributed by atoms with Crippen molar-refractivity contribution in [1.82, 2.24) is 4.72 Å². The molecule has 0 radical (unpaired) electrons. The first-order valence-corrected chi connectivity index (χ1v) is 9.04. The molecule has 0 aliphatic rings. The highest BCUT2D eigenvalue weighted by Crippen LogP contribution is 2.15. The number of halogens is 1. The molecule has 1 amide bonds. The summed E-state index contributed by atoms with van der Waals surface area (Å²) in [5.74, 6) is -0.434. The summed E-state index contributed by atoms with van der Waals surface area (Å²) in [5.41, 5.74) is 0.629. The van der Waals surface area contributed by atoms with Crippen LogP contribution in [-0.4, -0.2) is 32.7 Å². The van der Waals surface area contributed by atoms with Crippen molar-refractivity contribution in [1.29, 1.82) is 0 Å². The van der Waals surface area contributed by atoms with Crippen LogP contribution in [0.3, 0.4) is 0 Å². The molecule has 1 aromatic carbocycles. The molecule has 0 fully saturated rings. The number of nitrogens with one attached hydrogen (secondary N) is 1. The lowest BCUT2D eigenvalue weighted by molar-refractivity contribution is -0.118. The molecule has 1 aromatic rings. The van der Waals surface area contributed by atoms with Gasteiger partial charge in [-0.1, -0.05) is 0 Å². The summed E-state index contributed by atoms with van der Waals surface area (Å²) in [6, 6.07) is 5.70. The Morgan fingerprint density at radius 1 is 1.17 bits per heavy atom. The van der Waals surface area contributed by atoms with E-state index in [4.69, 9.17) is 0 Å². The van der Waals surface area contributed by atoms with Gasteiger partial charge >= 0.3 is 0 Å². The molecule has 0 bridgehead atoms. The Hall–Kier alpha value is -1.47. The standard InChI is InChI=1S/C16H25FN2O3S/c1-16(2,3)23(21,22)18-12-6-5-7-15(20)19(4)14-10-8-13(17)9-11-14/h8-11,18H,5-7,12H2,1-4H3. The van der Waals surface area contributed by atoms with E-state index in [1.165, 1.54) is 17.0 Å². The van der Waals surface area contributed by atoms with Crippen molar-refractivity contribution in [3.8, 4) is 0 Å². The van der Waals surface area contributed by atoms with Crippen molar-refractivity contribution >= 4 is 21.6 Å². The van der Waals surface area contributed by atoms with Gasteiger partial charge in [0.2, 0.25) is 15.9 Å². The van der Waals surface area contributed by atoms with Crippen LogP contribution in [-0.2, 0) is 14.8 Å². The molecule has 7 heteroatoms. The lowest BCUT2D eigenvalue weighted by Gasteiger charge is -2.20. The molecule has 0 heterocycles. The van der Waals surface area contributed by atoms with E-state index < -0.39 is 14.8 Å². The SMILES string of the molecule is CN(C(=O)CCCCNS(=O)(=O)C(C)(C)C)c1ccc(F)cc1. The van der Waals surface area contributed by atoms with E-state index in [9.17, 15) is 17.6 Å². The summed E-state index contributed by atoms with van der Waals surface area (Å²) in [5, 5.41) is 0. The molecule has 0 aromatic heterocycles. The molecule has 1 rings (SSSR count). The van der Waals surface area contributed by atoms with Crippen LogP contribution in [0, 0.1) is 5.82 Å². The molecule has 0 spiro atoms. The number of carbonyl (C=O) groups is 1. The van der Waals surface area contributed by atoms with Crippen LogP contribution in [0.4, 0.5) is 10.1 Å². The van der Waals surface area contributed by atoms with Gasteiger partial charge in [-0.25, -0.2) is 17.5 Å². The fourth-order valence-electron chi connectivity index (χ4n) is 1.80. The molecular formula is C16H25FN2O3S. The quantitative estimate of drug-likeness (QED) is 0.773. The van der Waals surface area contributed by atoms with Crippen LogP contribution in [0.15, 0.2) is 24.3 Å². The van der Waals surface area contributed by atoms with Crippen LogP contribution in [0.1, 0.15) is 40.0 Å². The van der Waals surface area contributed by atoms with Gasteiger partial charge < -0.3 is 4.90 Å². The van der Waals surface area contributed by atoms with Gasteiger partial charge in [0.15, 0.2) is 0 Å². The summed E-state index contributed by atoms with van der Waals surface area (Å²) in [7, 11) is -1.71. The first kappa shape index (κ1) is 19.6. The van der Waals surface area contributed by atoms with Crippen molar-refractivity contribution in [2.45, 2.75) is 44.8 Å². The Balaban J connectivity index is 2.36. The fraction of sp³-hybridized carbons (Fsp3) is 0.562. The predicted octanol–water partition coefficient (Wildman–Crippen LogP) is 2.68. The third kappa shape index (κ3) is 5.91. The number of sulfonamides is 1. The van der Waals surface area contributed by atoms with Crippen molar-refractivity contribution in [2.75, 3.05) is 18.5 Å². The van der Waals surface area contributed by atoms with Crippen LogP contribution < -0.4 is 9.62 Å². The van der Waals surface area contributed by atoms with E-state index in [1.54, 1.807) is 40.0 Å². The first-order valence-electron chi connectivity index (χ1n) is 7.56. The van der Waals surface area contributed by atoms with E-state index in [1.807, 2.05) is 0 Å². The zero-order valence-electron chi connectivity index (χ0n) is 14.1. The number of hydrogen-bond donors (Lipinski definition) is 1. The van der Waals surface area contributed by atoms with Gasteiger partial charge in [-0.05, 0) is 57.9 Å². The number of benzene rings is 1. The van der Waals surface area contributed by atoms with Crippen LogP contribution in [0.25, 0.3) is 0 Å². The largest absolute Gasteiger partial charge is 0.316 e. The van der Waals surface area contributed by atoms with Gasteiger partial charge in [-0.2, -0.15) is 0 Å². The number of nitrogens with zero attached hydrogens (tertiary/aromatic N) is 1. The summed E-state index contributed by atoms with van der Waals surface area (Å²) in [4.78, 5) is 13.5. The maximum atomic E-state index is 12.9. The second kappa shape index (κ2) is 7.88. The van der Waals surface area contributed by atoms with Gasteiger partial charge in [-0.15, -0.1) is 0 Å². The number of unbranched alkanes of at least 4 members (excludes halogenated alkanes) is 1. The minimum absolute atomic E-state index is 0.0877. The van der Waals surface area contributed by atoms with Gasteiger partial charge in [0, 0.05) is 25.7 Å². The number of rotatable bonds is 7. The lowest BCUT2D eigenvalue weighted by atomic mass is 10.2. The van der Waals surface area contributed by atoms with Gasteiger partial charge in [0.05, 0.1) is 4.75 Å². The Morgan fingerprint density at radius 2 is 1.74 bits per heavy atom. The molecule has 130 valence electrons. The van der Waals surface area contributed by atoms with Crippen molar-refractivity contribution in [3.63, 3.8) is 0 Å². The number of amides is 1. The monoisotopic (exact) mass is 344 g/mol. The highest BCUT2D eigenvalue weighted by molar-refractivity contribution is 7.90. The zero-order chi connectivity index (χ0) is 17.7. The van der Waals surface area contributed by atoms with Gasteiger partial charge in [0.25, 0.3) is 0 Å². The topological polar surface area (TPSA) is 66.5 Å². The molecule has 0 aliphatic carbocycles. The van der Waals surface area contributed by atoms with Crippen LogP contribution >= 0.6 is 0 Å². The third-order valence-electron chi connectivity index (χ3n) is 3.50. The Kier molecular flexibility index (Phi) is 6.70. The highest BCUT2D eigenvalue weighted by Gasteiger charge is 2.27. The second-order valence-corrected chi connectivity index (χ2v) is 8.92. The Morgan fingerprint density at radius 3 is 2.26 bits per heavy atom. The molecule has 0 saturated heterocycles. The van der Waals surface area contributed by atoms with E-state index in [0.717, 1.165) is 0 Å². The predicted molar refractivity (Wildman–Crippen MR) is 90.3 cm³/mol. The van der Waals surface area contributed by atoms with Gasteiger partial charge in [0.1, 0.15) is 5.82 Å². The van der Waals surface area contributed by atoms with Crippen LogP contribution in [0.5, 0.6) is 0 Å². The summed E-state index contributed by atoms with van der Waals surface area (Å²) < 4.78 is 38.3. The molecular weight excluding hydrogens is 319 g/mol. The maximum absolute atomic E-state index is 12.9. The average Bonchev–Trinajstić information content (AvgIpc) is 2.45. The lowest BCUT2D eigenvalue weighted by Crippen LogP contribution is -2.39. The number of hydrogen-bond acceptors (Lipinski definition) is 3. The summed E-state index contributed by atoms with van der Waals surface area (Å²) in [6.07, 6.45) is 1.47.